The van der Waals surface area contributed by atoms with Crippen LogP contribution in [0.2, 0.25) is 0 Å². The molecule has 2 aromatic rings. The van der Waals surface area contributed by atoms with E-state index in [1.807, 2.05) is 19.0 Å². The van der Waals surface area contributed by atoms with Crippen LogP contribution in [0.1, 0.15) is 21.7 Å². The Morgan fingerprint density at radius 3 is 2.68 bits per heavy atom. The number of ether oxygens (including phenoxy) is 1. The Bertz CT molecular complexity index is 628. The summed E-state index contributed by atoms with van der Waals surface area (Å²) in [4.78, 5) is 13.8. The molecule has 19 heavy (non-hydrogen) atoms. The average molecular weight is 263 g/mol. The first kappa shape index (κ1) is 13.4. The van der Waals surface area contributed by atoms with Crippen molar-refractivity contribution in [2.75, 3.05) is 21.2 Å². The second-order valence-electron chi connectivity index (χ2n) is 4.70. The van der Waals surface area contributed by atoms with Crippen LogP contribution in [0.3, 0.4) is 0 Å². The number of carbonyl (C=O) groups is 1. The highest BCUT2D eigenvalue weighted by Crippen LogP contribution is 2.34. The van der Waals surface area contributed by atoms with Gasteiger partial charge in [-0.3, -0.25) is 0 Å². The molecule has 1 heterocycles. The summed E-state index contributed by atoms with van der Waals surface area (Å²) in [6, 6.07) is 3.23. The lowest BCUT2D eigenvalue weighted by Gasteiger charge is -2.12. The normalized spacial score (nSPS) is 11.2. The minimum atomic E-state index is -0.457. The Morgan fingerprint density at radius 1 is 1.42 bits per heavy atom. The molecule has 0 aliphatic heterocycles. The third-order valence-electron chi connectivity index (χ3n) is 2.98. The van der Waals surface area contributed by atoms with Gasteiger partial charge in [0.2, 0.25) is 0 Å². The maximum atomic E-state index is 11.9. The topological polar surface area (TPSA) is 62.9 Å². The fourth-order valence-electron chi connectivity index (χ4n) is 2.19. The Kier molecular flexibility index (Phi) is 3.48. The van der Waals surface area contributed by atoms with E-state index in [0.29, 0.717) is 34.4 Å². The van der Waals surface area contributed by atoms with E-state index >= 15 is 0 Å². The van der Waals surface area contributed by atoms with Crippen molar-refractivity contribution in [1.29, 1.82) is 0 Å². The number of phenolic OH excluding ortho intramolecular Hbond substituents is 1. The van der Waals surface area contributed by atoms with Crippen molar-refractivity contribution in [1.82, 2.24) is 4.90 Å². The zero-order valence-corrected chi connectivity index (χ0v) is 11.5. The smallest absolute Gasteiger partial charge is 0.342 e. The monoisotopic (exact) mass is 263 g/mol. The van der Waals surface area contributed by atoms with Gasteiger partial charge in [0, 0.05) is 17.5 Å². The van der Waals surface area contributed by atoms with Gasteiger partial charge >= 0.3 is 5.97 Å². The number of rotatable bonds is 3. The van der Waals surface area contributed by atoms with Gasteiger partial charge in [-0.15, -0.1) is 0 Å². The Balaban J connectivity index is 2.77. The number of nitrogens with zero attached hydrogens (tertiary/aromatic N) is 1. The molecule has 0 aliphatic carbocycles. The number of hydrogen-bond donors (Lipinski definition) is 1. The fraction of sp³-hybridized carbons (Fsp3) is 0.357. The van der Waals surface area contributed by atoms with E-state index in [-0.39, 0.29) is 5.75 Å². The van der Waals surface area contributed by atoms with Crippen molar-refractivity contribution in [2.24, 2.45) is 0 Å². The van der Waals surface area contributed by atoms with Gasteiger partial charge in [-0.05, 0) is 33.2 Å². The van der Waals surface area contributed by atoms with Gasteiger partial charge < -0.3 is 19.2 Å². The van der Waals surface area contributed by atoms with Crippen LogP contribution in [0, 0.1) is 6.92 Å². The second-order valence-corrected chi connectivity index (χ2v) is 4.70. The average Bonchev–Trinajstić information content (AvgIpc) is 2.68. The first-order valence-corrected chi connectivity index (χ1v) is 5.92. The van der Waals surface area contributed by atoms with Gasteiger partial charge in [-0.2, -0.15) is 0 Å². The van der Waals surface area contributed by atoms with Crippen LogP contribution >= 0.6 is 0 Å². The summed E-state index contributed by atoms with van der Waals surface area (Å²) >= 11 is 0. The van der Waals surface area contributed by atoms with Gasteiger partial charge in [0.1, 0.15) is 22.7 Å². The maximum absolute atomic E-state index is 11.9. The Morgan fingerprint density at radius 2 is 2.11 bits per heavy atom. The summed E-state index contributed by atoms with van der Waals surface area (Å²) < 4.78 is 10.4. The fourth-order valence-corrected chi connectivity index (χ4v) is 2.19. The molecule has 102 valence electrons. The van der Waals surface area contributed by atoms with E-state index < -0.39 is 5.97 Å². The highest BCUT2D eigenvalue weighted by Gasteiger charge is 2.23. The van der Waals surface area contributed by atoms with Crippen LogP contribution in [0.4, 0.5) is 0 Å². The minimum absolute atomic E-state index is 0.146. The highest BCUT2D eigenvalue weighted by molar-refractivity contribution is 6.06. The van der Waals surface area contributed by atoms with Gasteiger partial charge in [0.25, 0.3) is 0 Å². The summed E-state index contributed by atoms with van der Waals surface area (Å²) in [5, 5.41) is 10.6. The number of methoxy groups -OCH3 is 1. The molecule has 1 N–H and O–H groups in total. The van der Waals surface area contributed by atoms with E-state index in [0.717, 1.165) is 0 Å². The van der Waals surface area contributed by atoms with Crippen molar-refractivity contribution in [3.8, 4) is 5.75 Å². The second kappa shape index (κ2) is 4.93. The summed E-state index contributed by atoms with van der Waals surface area (Å²) in [6.07, 6.45) is 0. The lowest BCUT2D eigenvalue weighted by atomic mass is 10.0. The largest absolute Gasteiger partial charge is 0.508 e. The third-order valence-corrected chi connectivity index (χ3v) is 2.98. The first-order chi connectivity index (χ1) is 8.95. The van der Waals surface area contributed by atoms with E-state index in [1.165, 1.54) is 7.11 Å². The molecule has 1 aromatic heterocycles. The van der Waals surface area contributed by atoms with Crippen molar-refractivity contribution in [3.63, 3.8) is 0 Å². The van der Waals surface area contributed by atoms with Crippen LogP contribution in [0.25, 0.3) is 11.0 Å². The molecule has 0 aliphatic rings. The number of esters is 1. The molecule has 0 spiro atoms. The SMILES string of the molecule is COC(=O)c1c(C)oc2ccc(O)c(CN(C)C)c12. The molecule has 0 bridgehead atoms. The number of benzene rings is 1. The van der Waals surface area contributed by atoms with Gasteiger partial charge in [0.15, 0.2) is 0 Å². The summed E-state index contributed by atoms with van der Waals surface area (Å²) in [5.41, 5.74) is 1.62. The molecule has 2 rings (SSSR count). The van der Waals surface area contributed by atoms with E-state index in [4.69, 9.17) is 9.15 Å². The van der Waals surface area contributed by atoms with Crippen molar-refractivity contribution >= 4 is 16.9 Å². The van der Waals surface area contributed by atoms with E-state index in [1.54, 1.807) is 19.1 Å². The summed E-state index contributed by atoms with van der Waals surface area (Å²) in [7, 11) is 5.11. The Labute approximate surface area is 111 Å². The van der Waals surface area contributed by atoms with E-state index in [9.17, 15) is 9.90 Å². The lowest BCUT2D eigenvalue weighted by Crippen LogP contribution is -2.12. The molecule has 0 atom stereocenters. The lowest BCUT2D eigenvalue weighted by molar-refractivity contribution is 0.0600. The van der Waals surface area contributed by atoms with Crippen molar-refractivity contribution in [2.45, 2.75) is 13.5 Å². The molecule has 0 fully saturated rings. The van der Waals surface area contributed by atoms with Gasteiger partial charge in [0.05, 0.1) is 7.11 Å². The predicted molar refractivity (Wildman–Crippen MR) is 71.3 cm³/mol. The number of furan rings is 1. The van der Waals surface area contributed by atoms with Crippen LogP contribution < -0.4 is 0 Å². The number of carbonyl (C=O) groups excluding carboxylic acids is 1. The van der Waals surface area contributed by atoms with Gasteiger partial charge in [-0.1, -0.05) is 0 Å². The first-order valence-electron chi connectivity index (χ1n) is 5.92. The quantitative estimate of drug-likeness (QED) is 0.861. The van der Waals surface area contributed by atoms with Crippen LogP contribution in [-0.2, 0) is 11.3 Å². The van der Waals surface area contributed by atoms with Crippen molar-refractivity contribution < 1.29 is 19.1 Å². The molecule has 0 amide bonds. The molecular formula is C14H17NO4. The molecule has 0 unspecified atom stereocenters. The molecule has 0 radical (unpaired) electrons. The number of phenols is 1. The number of aromatic hydroxyl groups is 1. The molecule has 1 aromatic carbocycles. The van der Waals surface area contributed by atoms with E-state index in [2.05, 4.69) is 0 Å². The van der Waals surface area contributed by atoms with Gasteiger partial charge in [-0.25, -0.2) is 4.79 Å². The summed E-state index contributed by atoms with van der Waals surface area (Å²) in [6.45, 7) is 2.22. The molecule has 0 saturated carbocycles. The highest BCUT2D eigenvalue weighted by atomic mass is 16.5. The zero-order chi connectivity index (χ0) is 14.2. The van der Waals surface area contributed by atoms with Crippen LogP contribution in [0.15, 0.2) is 16.5 Å². The Hall–Kier alpha value is -2.01. The van der Waals surface area contributed by atoms with Crippen molar-refractivity contribution in [3.05, 3.63) is 29.0 Å². The predicted octanol–water partition coefficient (Wildman–Crippen LogP) is 2.30. The molecular weight excluding hydrogens is 246 g/mol. The number of fused-ring (bicyclic) bond motifs is 1. The zero-order valence-electron chi connectivity index (χ0n) is 11.5. The molecule has 5 nitrogen and oxygen atoms in total. The van der Waals surface area contributed by atoms with Crippen LogP contribution in [-0.4, -0.2) is 37.2 Å². The molecule has 0 saturated heterocycles. The molecule has 5 heteroatoms. The minimum Gasteiger partial charge on any atom is -0.508 e. The van der Waals surface area contributed by atoms with Crippen LogP contribution in [0.5, 0.6) is 5.75 Å². The standard InChI is InChI=1S/C14H17NO4/c1-8-12(14(17)18-4)13-9(7-15(2)3)10(16)5-6-11(13)19-8/h5-6,16H,7H2,1-4H3. The number of aryl methyl sites for hydroxylation is 1. The summed E-state index contributed by atoms with van der Waals surface area (Å²) in [5.74, 6) is 0.182. The number of hydrogen-bond acceptors (Lipinski definition) is 5. The maximum Gasteiger partial charge on any atom is 0.342 e. The third kappa shape index (κ3) is 2.29.